The molecule has 0 radical (unpaired) electrons. The largest absolute Gasteiger partial charge is 0.394 e. The van der Waals surface area contributed by atoms with Gasteiger partial charge in [0.2, 0.25) is 35.4 Å². The summed E-state index contributed by atoms with van der Waals surface area (Å²) >= 11 is 6.85. The van der Waals surface area contributed by atoms with Crippen molar-refractivity contribution in [3.63, 3.8) is 0 Å². The van der Waals surface area contributed by atoms with Crippen molar-refractivity contribution < 1.29 is 58.7 Å². The Morgan fingerprint density at radius 3 is 1.44 bits per heavy atom. The van der Waals surface area contributed by atoms with Crippen LogP contribution in [0.3, 0.4) is 0 Å². The van der Waals surface area contributed by atoms with Crippen molar-refractivity contribution in [2.45, 2.75) is 52.7 Å². The van der Waals surface area contributed by atoms with Gasteiger partial charge in [-0.2, -0.15) is 23.5 Å². The van der Waals surface area contributed by atoms with Crippen LogP contribution in [0.5, 0.6) is 0 Å². The monoisotopic (exact) mass is 835 g/mol. The van der Waals surface area contributed by atoms with Gasteiger partial charge in [-0.1, -0.05) is 12.8 Å². The van der Waals surface area contributed by atoms with Gasteiger partial charge in [-0.25, -0.2) is 0 Å². The first-order valence-electron chi connectivity index (χ1n) is 17.4. The molecule has 318 valence electrons. The fraction of sp³-hybridized carbons (Fsp3) is 0.812. The van der Waals surface area contributed by atoms with Gasteiger partial charge in [0.1, 0.15) is 12.2 Å². The van der Waals surface area contributed by atoms with E-state index in [2.05, 4.69) is 33.5 Å². The molecule has 10 N–H and O–H groups in total. The quantitative estimate of drug-likeness (QED) is 0.0265. The summed E-state index contributed by atoms with van der Waals surface area (Å²) in [5.41, 5.74) is 5.09. The van der Waals surface area contributed by atoms with Gasteiger partial charge >= 0.3 is 0 Å². The van der Waals surface area contributed by atoms with E-state index in [4.69, 9.17) is 35.6 Å². The van der Waals surface area contributed by atoms with Crippen molar-refractivity contribution in [2.24, 2.45) is 5.73 Å². The molecule has 2 atom stereocenters. The lowest BCUT2D eigenvalue weighted by molar-refractivity contribution is -0.129. The minimum Gasteiger partial charge on any atom is -0.394 e. The molecule has 0 spiro atoms. The van der Waals surface area contributed by atoms with Crippen molar-refractivity contribution in [1.82, 2.24) is 30.5 Å². The van der Waals surface area contributed by atoms with Crippen molar-refractivity contribution in [3.05, 3.63) is 0 Å². The molecule has 0 saturated heterocycles. The predicted octanol–water partition coefficient (Wildman–Crippen LogP) is -3.05. The van der Waals surface area contributed by atoms with Crippen LogP contribution in [0.25, 0.3) is 0 Å². The molecule has 6 amide bonds. The number of nitrogens with zero attached hydrogens (tertiary/aromatic N) is 2. The fourth-order valence-corrected chi connectivity index (χ4v) is 5.38. The van der Waals surface area contributed by atoms with Crippen LogP contribution < -0.4 is 26.4 Å². The van der Waals surface area contributed by atoms with E-state index in [0.717, 1.165) is 11.5 Å². The number of rotatable bonds is 29. The van der Waals surface area contributed by atoms with Gasteiger partial charge in [0.05, 0.1) is 39.6 Å². The topological polar surface area (TPSA) is 282 Å². The number of nitrogens with one attached hydrogen (secondary N) is 4. The molecule has 0 aromatic carbocycles. The lowest BCUT2D eigenvalue weighted by atomic mass is 10.4. The number of ether oxygens (including phenoxy) is 2. The van der Waals surface area contributed by atoms with E-state index in [0.29, 0.717) is 83.3 Å². The Morgan fingerprint density at radius 1 is 0.648 bits per heavy atom. The third-order valence-electron chi connectivity index (χ3n) is 6.36. The number of nitrogens with two attached hydrogens (primary N) is 1. The molecule has 0 aliphatic rings. The van der Waals surface area contributed by atoms with Crippen molar-refractivity contribution in [1.29, 1.82) is 0 Å². The highest BCUT2D eigenvalue weighted by Gasteiger charge is 2.10. The van der Waals surface area contributed by atoms with E-state index < -0.39 is 12.2 Å². The normalized spacial score (nSPS) is 11.4. The summed E-state index contributed by atoms with van der Waals surface area (Å²) in [6.45, 7) is 10.0. The van der Waals surface area contributed by atoms with Gasteiger partial charge in [0.25, 0.3) is 0 Å². The van der Waals surface area contributed by atoms with Crippen molar-refractivity contribution >= 4 is 71.8 Å². The molecular weight excluding hydrogens is 771 g/mol. The van der Waals surface area contributed by atoms with Crippen LogP contribution in [-0.4, -0.2) is 193 Å². The number of hydrogen-bond donors (Lipinski definition) is 10. The number of hydrogen-bond acceptors (Lipinski definition) is 16. The summed E-state index contributed by atoms with van der Waals surface area (Å²) < 4.78 is 12.1. The Balaban J connectivity index is -0.000000808. The van der Waals surface area contributed by atoms with Crippen LogP contribution in [0, 0.1) is 0 Å². The molecule has 22 heteroatoms. The van der Waals surface area contributed by atoms with E-state index >= 15 is 0 Å². The van der Waals surface area contributed by atoms with E-state index in [1.54, 1.807) is 33.3 Å². The van der Waals surface area contributed by atoms with Gasteiger partial charge < -0.3 is 66.1 Å². The van der Waals surface area contributed by atoms with Crippen LogP contribution in [-0.2, 0) is 38.2 Å². The zero-order valence-electron chi connectivity index (χ0n) is 32.1. The molecule has 0 aromatic heterocycles. The van der Waals surface area contributed by atoms with Gasteiger partial charge in [0, 0.05) is 116 Å². The van der Waals surface area contributed by atoms with E-state index in [1.165, 1.54) is 27.7 Å². The molecule has 2 unspecified atom stereocenters. The third-order valence-corrected chi connectivity index (χ3v) is 8.53. The van der Waals surface area contributed by atoms with Gasteiger partial charge in [-0.05, 0) is 0 Å². The molecular formula is C32H65N7O12S3. The van der Waals surface area contributed by atoms with Crippen LogP contribution in [0.2, 0.25) is 0 Å². The molecule has 0 fully saturated rings. The van der Waals surface area contributed by atoms with Gasteiger partial charge in [-0.3, -0.25) is 28.8 Å². The van der Waals surface area contributed by atoms with Gasteiger partial charge in [0.15, 0.2) is 0 Å². The van der Waals surface area contributed by atoms with E-state index in [-0.39, 0.29) is 68.5 Å². The molecule has 0 saturated carbocycles. The molecule has 0 heterocycles. The first-order chi connectivity index (χ1) is 25.6. The number of amides is 6. The Kier molecular flexibility index (Phi) is 41.7. The lowest BCUT2D eigenvalue weighted by Gasteiger charge is -2.20. The van der Waals surface area contributed by atoms with Crippen LogP contribution in [0.4, 0.5) is 0 Å². The average Bonchev–Trinajstić information content (AvgIpc) is 3.12. The summed E-state index contributed by atoms with van der Waals surface area (Å²) in [5.74, 6) is 2.35. The maximum atomic E-state index is 11.6. The average molecular weight is 836 g/mol. The minimum atomic E-state index is -0.894. The Labute approximate surface area is 333 Å². The maximum Gasteiger partial charge on any atom is 0.230 e. The second-order valence-corrected chi connectivity index (χ2v) is 13.9. The smallest absolute Gasteiger partial charge is 0.230 e. The highest BCUT2D eigenvalue weighted by atomic mass is 32.2. The van der Waals surface area contributed by atoms with E-state index in [1.807, 2.05) is 0 Å². The fourth-order valence-electron chi connectivity index (χ4n) is 3.50. The second kappa shape index (κ2) is 40.3. The van der Waals surface area contributed by atoms with Crippen LogP contribution in [0.15, 0.2) is 0 Å². The van der Waals surface area contributed by atoms with Crippen LogP contribution in [0.1, 0.15) is 40.5 Å². The summed E-state index contributed by atoms with van der Waals surface area (Å²) in [5, 5.41) is 42.6. The van der Waals surface area contributed by atoms with Crippen molar-refractivity contribution in [3.8, 4) is 0 Å². The molecule has 54 heavy (non-hydrogen) atoms. The zero-order valence-corrected chi connectivity index (χ0v) is 34.6. The summed E-state index contributed by atoms with van der Waals surface area (Å²) in [6.07, 6.45) is -0.873. The first-order valence-corrected chi connectivity index (χ1v) is 20.2. The minimum absolute atomic E-state index is 0.0148. The lowest BCUT2D eigenvalue weighted by Crippen LogP contribution is -2.38. The Hall–Kier alpha value is -2.41. The van der Waals surface area contributed by atoms with E-state index in [9.17, 15) is 28.8 Å². The number of aliphatic hydroxyl groups excluding tert-OH is 4. The summed E-state index contributed by atoms with van der Waals surface area (Å²) in [6, 6.07) is 0. The van der Waals surface area contributed by atoms with Gasteiger partial charge in [-0.15, -0.1) is 0 Å². The molecule has 0 aliphatic heterocycles. The number of thioether (sulfide) groups is 2. The number of aliphatic hydroxyl groups is 4. The summed E-state index contributed by atoms with van der Waals surface area (Å²) in [7, 11) is 0. The Morgan fingerprint density at radius 2 is 1.07 bits per heavy atom. The molecule has 0 aromatic rings. The first kappa shape index (κ1) is 55.9. The number of thiol groups is 1. The molecule has 19 nitrogen and oxygen atoms in total. The highest BCUT2D eigenvalue weighted by Crippen LogP contribution is 2.05. The standard InChI is InChI=1S/C16H31N3O6S.C11H21N3O3S2.C5H13NO3/c1-13(21)17-4-6-19(14(2)22)7-10-26-9-3-16(24)18-5-8-25-12-15(23)11-20;1-9(15)12-4-5-14(10(2)16)6-8-19-7-3-11(17)13-18;6-1-2-9-4-5(8)3-7/h15,20,23H,3-12H2,1-2H3,(H,17,21)(H,18,24);18H,3-8H2,1-2H3,(H,12,15)(H,13,17);5,7-8H,1-4,6H2. The van der Waals surface area contributed by atoms with Crippen LogP contribution >= 0.6 is 36.3 Å². The second-order valence-electron chi connectivity index (χ2n) is 11.2. The molecule has 0 bridgehead atoms. The third kappa shape index (κ3) is 42.3. The highest BCUT2D eigenvalue weighted by molar-refractivity contribution is 7.99. The molecule has 0 aliphatic carbocycles. The summed E-state index contributed by atoms with van der Waals surface area (Å²) in [4.78, 5) is 70.3. The van der Waals surface area contributed by atoms with Crippen molar-refractivity contribution in [2.75, 3.05) is 115 Å². The number of carbonyl (C=O) groups excluding carboxylic acids is 6. The predicted molar refractivity (Wildman–Crippen MR) is 213 cm³/mol. The SMILES string of the molecule is CC(=O)NCCN(CCSCCC(=O)NCCOCC(O)CO)C(C)=O.CC(=O)NCCN(CCSCCC(=O)NS)C(C)=O.NCCOCC(O)CO. The molecule has 0 rings (SSSR count). The maximum absolute atomic E-state index is 11.6. The zero-order chi connectivity index (χ0) is 41.6. The number of carbonyl (C=O) groups is 6. The Bertz CT molecular complexity index is 1010.